The lowest BCUT2D eigenvalue weighted by Crippen LogP contribution is -2.36. The van der Waals surface area contributed by atoms with Gasteiger partial charge in [0, 0.05) is 25.2 Å². The van der Waals surface area contributed by atoms with Crippen molar-refractivity contribution in [2.24, 2.45) is 5.92 Å². The second-order valence-electron chi connectivity index (χ2n) is 4.35. The van der Waals surface area contributed by atoms with E-state index in [0.717, 1.165) is 12.8 Å². The summed E-state index contributed by atoms with van der Waals surface area (Å²) in [6.07, 6.45) is 3.61. The van der Waals surface area contributed by atoms with E-state index in [1.54, 1.807) is 12.3 Å². The Morgan fingerprint density at radius 3 is 2.72 bits per heavy atom. The Morgan fingerprint density at radius 1 is 1.39 bits per heavy atom. The number of nitrogens with zero attached hydrogens (tertiary/aromatic N) is 2. The second-order valence-corrected chi connectivity index (χ2v) is 4.35. The van der Waals surface area contributed by atoms with Crippen molar-refractivity contribution in [2.75, 3.05) is 18.8 Å². The van der Waals surface area contributed by atoms with E-state index >= 15 is 0 Å². The quantitative estimate of drug-likeness (QED) is 0.571. The van der Waals surface area contributed by atoms with Crippen molar-refractivity contribution in [1.29, 1.82) is 0 Å². The lowest BCUT2D eigenvalue weighted by Gasteiger charge is -2.06. The summed E-state index contributed by atoms with van der Waals surface area (Å²) < 4.78 is 1.47. The van der Waals surface area contributed by atoms with Gasteiger partial charge in [-0.15, -0.1) is 0 Å². The molecule has 2 amide bonds. The molecular formula is C11H17N5O2. The first kappa shape index (κ1) is 12.4. The predicted molar refractivity (Wildman–Crippen MR) is 65.4 cm³/mol. The van der Waals surface area contributed by atoms with Crippen LogP contribution in [0, 0.1) is 5.92 Å². The van der Waals surface area contributed by atoms with Crippen molar-refractivity contribution in [3.63, 3.8) is 0 Å². The highest BCUT2D eigenvalue weighted by atomic mass is 16.2. The smallest absolute Gasteiger partial charge is 0.241 e. The zero-order valence-electron chi connectivity index (χ0n) is 10.1. The molecule has 1 saturated carbocycles. The van der Waals surface area contributed by atoms with Crippen molar-refractivity contribution < 1.29 is 9.59 Å². The van der Waals surface area contributed by atoms with Gasteiger partial charge in [0.1, 0.15) is 12.4 Å². The molecule has 0 saturated heterocycles. The largest absolute Gasteiger partial charge is 0.382 e. The third-order valence-electron chi connectivity index (χ3n) is 2.66. The highest BCUT2D eigenvalue weighted by molar-refractivity contribution is 5.81. The number of hydrogen-bond acceptors (Lipinski definition) is 4. The standard InChI is InChI=1S/C11H17N5O2/c12-9-3-6-16(15-9)7-10(17)13-4-5-14-11(18)8-1-2-8/h3,6,8H,1-2,4-5,7H2,(H2,12,15)(H,13,17)(H,14,18). The molecule has 0 atom stereocenters. The number of nitrogens with two attached hydrogens (primary N) is 1. The monoisotopic (exact) mass is 251 g/mol. The fourth-order valence-corrected chi connectivity index (χ4v) is 1.55. The molecule has 18 heavy (non-hydrogen) atoms. The molecule has 7 heteroatoms. The maximum Gasteiger partial charge on any atom is 0.241 e. The van der Waals surface area contributed by atoms with Crippen LogP contribution in [0.1, 0.15) is 12.8 Å². The summed E-state index contributed by atoms with van der Waals surface area (Å²) in [6, 6.07) is 1.63. The number of amides is 2. The summed E-state index contributed by atoms with van der Waals surface area (Å²) >= 11 is 0. The molecule has 4 N–H and O–H groups in total. The Labute approximate surface area is 105 Å². The van der Waals surface area contributed by atoms with E-state index in [1.807, 2.05) is 0 Å². The molecule has 2 rings (SSSR count). The highest BCUT2D eigenvalue weighted by Gasteiger charge is 2.28. The van der Waals surface area contributed by atoms with Crippen molar-refractivity contribution in [3.8, 4) is 0 Å². The van der Waals surface area contributed by atoms with Crippen LogP contribution in [-0.2, 0) is 16.1 Å². The Hall–Kier alpha value is -2.05. The van der Waals surface area contributed by atoms with Crippen LogP contribution < -0.4 is 16.4 Å². The molecule has 1 aromatic rings. The zero-order chi connectivity index (χ0) is 13.0. The van der Waals surface area contributed by atoms with Gasteiger partial charge in [0.05, 0.1) is 0 Å². The van der Waals surface area contributed by atoms with Gasteiger partial charge in [0.15, 0.2) is 0 Å². The van der Waals surface area contributed by atoms with Crippen LogP contribution in [0.15, 0.2) is 12.3 Å². The minimum atomic E-state index is -0.154. The van der Waals surface area contributed by atoms with Crippen molar-refractivity contribution in [1.82, 2.24) is 20.4 Å². The fourth-order valence-electron chi connectivity index (χ4n) is 1.55. The molecule has 0 bridgehead atoms. The molecule has 1 aliphatic carbocycles. The number of anilines is 1. The van der Waals surface area contributed by atoms with Gasteiger partial charge in [-0.25, -0.2) is 0 Å². The highest BCUT2D eigenvalue weighted by Crippen LogP contribution is 2.28. The van der Waals surface area contributed by atoms with Gasteiger partial charge in [-0.1, -0.05) is 0 Å². The molecule has 1 fully saturated rings. The first-order valence-corrected chi connectivity index (χ1v) is 5.98. The Balaban J connectivity index is 1.58. The number of carbonyl (C=O) groups excluding carboxylic acids is 2. The third-order valence-corrected chi connectivity index (χ3v) is 2.66. The van der Waals surface area contributed by atoms with E-state index in [2.05, 4.69) is 15.7 Å². The lowest BCUT2D eigenvalue weighted by molar-refractivity contribution is -0.123. The van der Waals surface area contributed by atoms with Crippen LogP contribution in [0.3, 0.4) is 0 Å². The molecule has 1 aromatic heterocycles. The number of aromatic nitrogens is 2. The summed E-state index contributed by atoms with van der Waals surface area (Å²) in [7, 11) is 0. The molecule has 1 heterocycles. The molecule has 0 spiro atoms. The minimum absolute atomic E-state index is 0.0871. The predicted octanol–water partition coefficient (Wildman–Crippen LogP) is -0.892. The average molecular weight is 251 g/mol. The molecule has 1 aliphatic rings. The summed E-state index contributed by atoms with van der Waals surface area (Å²) in [5.74, 6) is 0.523. The van der Waals surface area contributed by atoms with Crippen LogP contribution in [0.2, 0.25) is 0 Å². The summed E-state index contributed by atoms with van der Waals surface area (Å²) in [6.45, 7) is 1.02. The number of hydrogen-bond donors (Lipinski definition) is 3. The first-order chi connectivity index (χ1) is 8.65. The second kappa shape index (κ2) is 5.52. The van der Waals surface area contributed by atoms with E-state index in [9.17, 15) is 9.59 Å². The Bertz CT molecular complexity index is 438. The molecule has 0 unspecified atom stereocenters. The van der Waals surface area contributed by atoms with Gasteiger partial charge in [-0.05, 0) is 18.9 Å². The van der Waals surface area contributed by atoms with Crippen LogP contribution in [0.5, 0.6) is 0 Å². The Kier molecular flexibility index (Phi) is 3.81. The van der Waals surface area contributed by atoms with Crippen molar-refractivity contribution in [2.45, 2.75) is 19.4 Å². The van der Waals surface area contributed by atoms with Crippen LogP contribution >= 0.6 is 0 Å². The van der Waals surface area contributed by atoms with Crippen molar-refractivity contribution in [3.05, 3.63) is 12.3 Å². The van der Waals surface area contributed by atoms with Crippen LogP contribution in [0.4, 0.5) is 5.82 Å². The van der Waals surface area contributed by atoms with E-state index in [-0.39, 0.29) is 24.3 Å². The van der Waals surface area contributed by atoms with Gasteiger partial charge in [0.2, 0.25) is 11.8 Å². The topological polar surface area (TPSA) is 102 Å². The normalized spacial score (nSPS) is 14.2. The first-order valence-electron chi connectivity index (χ1n) is 5.98. The molecule has 0 aromatic carbocycles. The number of nitrogens with one attached hydrogen (secondary N) is 2. The number of rotatable bonds is 6. The molecule has 7 nitrogen and oxygen atoms in total. The summed E-state index contributed by atoms with van der Waals surface area (Å²) in [5.41, 5.74) is 5.43. The Morgan fingerprint density at radius 2 is 2.11 bits per heavy atom. The van der Waals surface area contributed by atoms with Gasteiger partial charge in [0.25, 0.3) is 0 Å². The number of nitrogen functional groups attached to an aromatic ring is 1. The maximum absolute atomic E-state index is 11.5. The fraction of sp³-hybridized carbons (Fsp3) is 0.545. The van der Waals surface area contributed by atoms with Gasteiger partial charge < -0.3 is 16.4 Å². The zero-order valence-corrected chi connectivity index (χ0v) is 10.1. The van der Waals surface area contributed by atoms with Gasteiger partial charge in [-0.2, -0.15) is 5.10 Å². The van der Waals surface area contributed by atoms with E-state index in [1.165, 1.54) is 4.68 Å². The van der Waals surface area contributed by atoms with E-state index in [4.69, 9.17) is 5.73 Å². The van der Waals surface area contributed by atoms with E-state index < -0.39 is 0 Å². The van der Waals surface area contributed by atoms with E-state index in [0.29, 0.717) is 18.9 Å². The summed E-state index contributed by atoms with van der Waals surface area (Å²) in [5, 5.41) is 9.37. The third kappa shape index (κ3) is 3.76. The van der Waals surface area contributed by atoms with Crippen molar-refractivity contribution >= 4 is 17.6 Å². The molecule has 98 valence electrons. The molecular weight excluding hydrogens is 234 g/mol. The minimum Gasteiger partial charge on any atom is -0.382 e. The van der Waals surface area contributed by atoms with Crippen LogP contribution in [-0.4, -0.2) is 34.7 Å². The average Bonchev–Trinajstić information content (AvgIpc) is 3.10. The van der Waals surface area contributed by atoms with Crippen LogP contribution in [0.25, 0.3) is 0 Å². The lowest BCUT2D eigenvalue weighted by atomic mass is 10.4. The number of carbonyl (C=O) groups is 2. The summed E-state index contributed by atoms with van der Waals surface area (Å²) in [4.78, 5) is 22.8. The SMILES string of the molecule is Nc1ccn(CC(=O)NCCNC(=O)C2CC2)n1. The molecule has 0 aliphatic heterocycles. The van der Waals surface area contributed by atoms with Gasteiger partial charge >= 0.3 is 0 Å². The maximum atomic E-state index is 11.5. The van der Waals surface area contributed by atoms with Gasteiger partial charge in [-0.3, -0.25) is 14.3 Å². The molecule has 0 radical (unpaired) electrons.